The van der Waals surface area contributed by atoms with Crippen molar-refractivity contribution in [3.05, 3.63) is 35.4 Å². The summed E-state index contributed by atoms with van der Waals surface area (Å²) in [4.78, 5) is 39.6. The second-order valence-electron chi connectivity index (χ2n) is 5.70. The molecule has 24 heavy (non-hydrogen) atoms. The quantitative estimate of drug-likeness (QED) is 0.822. The molecule has 1 aliphatic rings. The van der Waals surface area contributed by atoms with Crippen LogP contribution in [0.1, 0.15) is 31.9 Å². The monoisotopic (exact) mass is 328 g/mol. The van der Waals surface area contributed by atoms with Gasteiger partial charge < -0.3 is 10.2 Å². The largest absolute Gasteiger partial charge is 0.342 e. The van der Waals surface area contributed by atoms with E-state index in [-0.39, 0.29) is 12.5 Å². The molecule has 7 heteroatoms. The number of hydrogen-bond donors (Lipinski definition) is 1. The Kier molecular flexibility index (Phi) is 4.88. The Morgan fingerprint density at radius 1 is 1.25 bits per heavy atom. The third kappa shape index (κ3) is 2.95. The normalized spacial score (nSPS) is 19.8. The van der Waals surface area contributed by atoms with Crippen LogP contribution in [0.25, 0.3) is 0 Å². The average Bonchev–Trinajstić information content (AvgIpc) is 2.80. The summed E-state index contributed by atoms with van der Waals surface area (Å²) < 4.78 is 0. The number of nitrogens with zero attached hydrogens (tertiary/aromatic N) is 3. The topological polar surface area (TPSA) is 93.5 Å². The zero-order valence-electron chi connectivity index (χ0n) is 14.0. The highest BCUT2D eigenvalue weighted by atomic mass is 16.2. The van der Waals surface area contributed by atoms with Gasteiger partial charge in [-0.15, -0.1) is 0 Å². The Hall–Kier alpha value is -2.88. The van der Waals surface area contributed by atoms with E-state index in [1.165, 1.54) is 0 Å². The van der Waals surface area contributed by atoms with E-state index in [2.05, 4.69) is 5.32 Å². The molecule has 1 saturated heterocycles. The summed E-state index contributed by atoms with van der Waals surface area (Å²) in [6.45, 7) is 6.04. The number of hydrogen-bond acceptors (Lipinski definition) is 4. The predicted molar refractivity (Wildman–Crippen MR) is 86.7 cm³/mol. The van der Waals surface area contributed by atoms with Crippen molar-refractivity contribution >= 4 is 17.8 Å². The number of urea groups is 1. The van der Waals surface area contributed by atoms with Crippen LogP contribution in [0.15, 0.2) is 24.3 Å². The minimum Gasteiger partial charge on any atom is -0.342 e. The van der Waals surface area contributed by atoms with Crippen LogP contribution in [0, 0.1) is 11.3 Å². The number of rotatable bonds is 5. The van der Waals surface area contributed by atoms with E-state index in [0.717, 1.165) is 4.90 Å². The van der Waals surface area contributed by atoms with Gasteiger partial charge in [-0.3, -0.25) is 14.5 Å². The summed E-state index contributed by atoms with van der Waals surface area (Å²) in [5, 5.41) is 11.5. The first-order chi connectivity index (χ1) is 11.4. The van der Waals surface area contributed by atoms with E-state index in [1.807, 2.05) is 19.9 Å². The number of imide groups is 1. The Balaban J connectivity index is 2.24. The van der Waals surface area contributed by atoms with Gasteiger partial charge in [0.1, 0.15) is 12.1 Å². The molecule has 1 aromatic rings. The Morgan fingerprint density at radius 3 is 2.33 bits per heavy atom. The summed E-state index contributed by atoms with van der Waals surface area (Å²) >= 11 is 0. The first-order valence-electron chi connectivity index (χ1n) is 7.79. The number of likely N-dealkylation sites (N-methyl/N-ethyl adjacent to an activating group) is 1. The molecule has 4 amide bonds. The van der Waals surface area contributed by atoms with Crippen molar-refractivity contribution < 1.29 is 14.4 Å². The summed E-state index contributed by atoms with van der Waals surface area (Å²) in [5.74, 6) is -0.745. The van der Waals surface area contributed by atoms with Gasteiger partial charge in [-0.1, -0.05) is 12.1 Å². The van der Waals surface area contributed by atoms with E-state index in [1.54, 1.807) is 36.1 Å². The van der Waals surface area contributed by atoms with Gasteiger partial charge in [0.15, 0.2) is 0 Å². The first kappa shape index (κ1) is 17.5. The fraction of sp³-hybridized carbons (Fsp3) is 0.412. The van der Waals surface area contributed by atoms with Crippen molar-refractivity contribution in [2.24, 2.45) is 0 Å². The van der Waals surface area contributed by atoms with Gasteiger partial charge in [-0.05, 0) is 38.5 Å². The molecule has 7 nitrogen and oxygen atoms in total. The highest BCUT2D eigenvalue weighted by molar-refractivity contribution is 6.09. The standard InChI is InChI=1S/C17H20N4O3/c1-4-20(5-2)14(22)11-21-15(23)17(3,19-16(21)24)13-8-6-12(10-18)7-9-13/h6-9H,4-5,11H2,1-3H3,(H,19,24). The Labute approximate surface area is 140 Å². The van der Waals surface area contributed by atoms with Crippen LogP contribution in [0.5, 0.6) is 0 Å². The van der Waals surface area contributed by atoms with Crippen molar-refractivity contribution in [3.63, 3.8) is 0 Å². The molecule has 2 rings (SSSR count). The van der Waals surface area contributed by atoms with Gasteiger partial charge in [0.2, 0.25) is 5.91 Å². The number of nitriles is 1. The second-order valence-corrected chi connectivity index (χ2v) is 5.70. The van der Waals surface area contributed by atoms with Gasteiger partial charge in [-0.2, -0.15) is 5.26 Å². The lowest BCUT2D eigenvalue weighted by Crippen LogP contribution is -2.44. The van der Waals surface area contributed by atoms with Crippen LogP contribution < -0.4 is 5.32 Å². The maximum atomic E-state index is 12.7. The number of benzene rings is 1. The van der Waals surface area contributed by atoms with Crippen molar-refractivity contribution in [1.29, 1.82) is 5.26 Å². The third-order valence-electron chi connectivity index (χ3n) is 4.28. The summed E-state index contributed by atoms with van der Waals surface area (Å²) in [5.41, 5.74) is -0.209. The first-order valence-corrected chi connectivity index (χ1v) is 7.79. The predicted octanol–water partition coefficient (Wildman–Crippen LogP) is 1.19. The molecule has 0 radical (unpaired) electrons. The lowest BCUT2D eigenvalue weighted by molar-refractivity contribution is -0.138. The second kappa shape index (κ2) is 6.71. The molecular formula is C17H20N4O3. The maximum absolute atomic E-state index is 12.7. The molecule has 1 aromatic carbocycles. The van der Waals surface area contributed by atoms with Crippen LogP contribution in [-0.4, -0.2) is 47.3 Å². The molecule has 1 atom stereocenters. The molecule has 0 bridgehead atoms. The van der Waals surface area contributed by atoms with Crippen molar-refractivity contribution in [1.82, 2.24) is 15.1 Å². The summed E-state index contributed by atoms with van der Waals surface area (Å²) in [6, 6.07) is 7.85. The van der Waals surface area contributed by atoms with Crippen LogP contribution in [0.3, 0.4) is 0 Å². The summed E-state index contributed by atoms with van der Waals surface area (Å²) in [7, 11) is 0. The van der Waals surface area contributed by atoms with Crippen molar-refractivity contribution in [3.8, 4) is 6.07 Å². The molecule has 1 heterocycles. The van der Waals surface area contributed by atoms with E-state index in [9.17, 15) is 14.4 Å². The molecule has 0 aliphatic carbocycles. The highest BCUT2D eigenvalue weighted by Crippen LogP contribution is 2.28. The number of amides is 4. The lowest BCUT2D eigenvalue weighted by atomic mass is 9.91. The molecule has 0 aromatic heterocycles. The van der Waals surface area contributed by atoms with Crippen LogP contribution in [-0.2, 0) is 15.1 Å². The van der Waals surface area contributed by atoms with E-state index in [4.69, 9.17) is 5.26 Å². The van der Waals surface area contributed by atoms with Gasteiger partial charge in [0.05, 0.1) is 11.6 Å². The van der Waals surface area contributed by atoms with Crippen molar-refractivity contribution in [2.45, 2.75) is 26.3 Å². The minimum atomic E-state index is -1.24. The average molecular weight is 328 g/mol. The van der Waals surface area contributed by atoms with Gasteiger partial charge in [-0.25, -0.2) is 4.79 Å². The lowest BCUT2D eigenvalue weighted by Gasteiger charge is -2.23. The zero-order chi connectivity index (χ0) is 17.9. The number of nitrogens with one attached hydrogen (secondary N) is 1. The van der Waals surface area contributed by atoms with E-state index in [0.29, 0.717) is 24.2 Å². The fourth-order valence-corrected chi connectivity index (χ4v) is 2.73. The Morgan fingerprint density at radius 2 is 1.83 bits per heavy atom. The van der Waals surface area contributed by atoms with Crippen LogP contribution in [0.4, 0.5) is 4.79 Å². The zero-order valence-corrected chi connectivity index (χ0v) is 14.0. The van der Waals surface area contributed by atoms with E-state index >= 15 is 0 Å². The van der Waals surface area contributed by atoms with E-state index < -0.39 is 17.5 Å². The Bertz CT molecular complexity index is 704. The number of carbonyl (C=O) groups is 3. The molecule has 1 aliphatic heterocycles. The van der Waals surface area contributed by atoms with Crippen LogP contribution >= 0.6 is 0 Å². The molecule has 1 unspecified atom stereocenters. The maximum Gasteiger partial charge on any atom is 0.325 e. The van der Waals surface area contributed by atoms with Crippen LogP contribution in [0.2, 0.25) is 0 Å². The minimum absolute atomic E-state index is 0.271. The molecule has 126 valence electrons. The molecule has 0 spiro atoms. The molecule has 0 saturated carbocycles. The van der Waals surface area contributed by atoms with Gasteiger partial charge >= 0.3 is 6.03 Å². The summed E-state index contributed by atoms with van der Waals surface area (Å²) in [6.07, 6.45) is 0. The smallest absolute Gasteiger partial charge is 0.325 e. The molecule has 1 fully saturated rings. The van der Waals surface area contributed by atoms with Gasteiger partial charge in [0, 0.05) is 13.1 Å². The van der Waals surface area contributed by atoms with Gasteiger partial charge in [0.25, 0.3) is 5.91 Å². The third-order valence-corrected chi connectivity index (χ3v) is 4.28. The molecule has 1 N–H and O–H groups in total. The number of carbonyl (C=O) groups excluding carboxylic acids is 3. The fourth-order valence-electron chi connectivity index (χ4n) is 2.73. The SMILES string of the molecule is CCN(CC)C(=O)CN1C(=O)NC(C)(c2ccc(C#N)cc2)C1=O. The highest BCUT2D eigenvalue weighted by Gasteiger charge is 2.49. The van der Waals surface area contributed by atoms with Crippen molar-refractivity contribution in [2.75, 3.05) is 19.6 Å². The molecular weight excluding hydrogens is 308 g/mol.